The number of hydrogen-bond acceptors (Lipinski definition) is 2. The first-order valence-corrected chi connectivity index (χ1v) is 7.75. The van der Waals surface area contributed by atoms with Crippen molar-refractivity contribution in [1.29, 1.82) is 0 Å². The summed E-state index contributed by atoms with van der Waals surface area (Å²) in [4.78, 5) is 12.2. The number of hydrogen-bond donors (Lipinski definition) is 2. The van der Waals surface area contributed by atoms with E-state index in [1.807, 2.05) is 0 Å². The zero-order valence-corrected chi connectivity index (χ0v) is 12.4. The minimum Gasteiger partial charge on any atom is -0.355 e. The van der Waals surface area contributed by atoms with E-state index in [0.29, 0.717) is 6.54 Å². The number of amides is 1. The van der Waals surface area contributed by atoms with Crippen LogP contribution in [0.3, 0.4) is 0 Å². The van der Waals surface area contributed by atoms with Gasteiger partial charge in [0.15, 0.2) is 0 Å². The molecule has 0 radical (unpaired) electrons. The van der Waals surface area contributed by atoms with Crippen molar-refractivity contribution in [2.24, 2.45) is 11.7 Å². The van der Waals surface area contributed by atoms with Crippen molar-refractivity contribution in [3.63, 3.8) is 0 Å². The molecule has 3 N–H and O–H groups in total. The fourth-order valence-corrected chi connectivity index (χ4v) is 2.99. The van der Waals surface area contributed by atoms with Gasteiger partial charge in [-0.05, 0) is 31.7 Å². The smallest absolute Gasteiger partial charge is 0.224 e. The molecule has 0 aliphatic heterocycles. The summed E-state index contributed by atoms with van der Waals surface area (Å²) in [6, 6.07) is 8.47. The van der Waals surface area contributed by atoms with Crippen molar-refractivity contribution in [2.45, 2.75) is 51.5 Å². The van der Waals surface area contributed by atoms with Gasteiger partial charge < -0.3 is 11.1 Å². The van der Waals surface area contributed by atoms with Crippen LogP contribution in [0.2, 0.25) is 0 Å². The number of rotatable bonds is 4. The predicted molar refractivity (Wildman–Crippen MR) is 82.4 cm³/mol. The van der Waals surface area contributed by atoms with E-state index in [1.165, 1.54) is 17.5 Å². The molecular formula is C17H26N2O. The van der Waals surface area contributed by atoms with Crippen LogP contribution in [0.4, 0.5) is 0 Å². The molecule has 1 fully saturated rings. The molecule has 0 saturated heterocycles. The number of nitrogens with two attached hydrogens (primary N) is 1. The summed E-state index contributed by atoms with van der Waals surface area (Å²) in [7, 11) is 0. The molecule has 2 atom stereocenters. The van der Waals surface area contributed by atoms with E-state index in [0.717, 1.165) is 32.1 Å². The Bertz CT molecular complexity index is 444. The summed E-state index contributed by atoms with van der Waals surface area (Å²) in [5, 5.41) is 3.06. The van der Waals surface area contributed by atoms with E-state index >= 15 is 0 Å². The fourth-order valence-electron chi connectivity index (χ4n) is 2.99. The first-order chi connectivity index (χ1) is 9.66. The normalized spacial score (nSPS) is 23.1. The Morgan fingerprint density at radius 2 is 2.10 bits per heavy atom. The highest BCUT2D eigenvalue weighted by atomic mass is 16.1. The minimum atomic E-state index is 0.00927. The Kier molecular flexibility index (Phi) is 5.60. The predicted octanol–water partition coefficient (Wildman–Crippen LogP) is 2.56. The van der Waals surface area contributed by atoms with Crippen molar-refractivity contribution in [1.82, 2.24) is 5.32 Å². The molecule has 2 rings (SSSR count). The first kappa shape index (κ1) is 15.0. The van der Waals surface area contributed by atoms with Crippen molar-refractivity contribution < 1.29 is 4.79 Å². The molecule has 0 heterocycles. The third kappa shape index (κ3) is 4.34. The quantitative estimate of drug-likeness (QED) is 0.829. The lowest BCUT2D eigenvalue weighted by atomic mass is 9.94. The molecule has 2 unspecified atom stereocenters. The Labute approximate surface area is 121 Å². The van der Waals surface area contributed by atoms with Crippen LogP contribution in [-0.4, -0.2) is 18.5 Å². The second-order valence-corrected chi connectivity index (χ2v) is 5.94. The van der Waals surface area contributed by atoms with Gasteiger partial charge in [0.2, 0.25) is 5.91 Å². The van der Waals surface area contributed by atoms with Gasteiger partial charge in [0, 0.05) is 12.6 Å². The summed E-state index contributed by atoms with van der Waals surface area (Å²) in [6.45, 7) is 2.79. The molecule has 1 aliphatic rings. The van der Waals surface area contributed by atoms with Crippen LogP contribution in [0.5, 0.6) is 0 Å². The molecule has 1 amide bonds. The maximum Gasteiger partial charge on any atom is 0.224 e. The number of benzene rings is 1. The summed E-state index contributed by atoms with van der Waals surface area (Å²) >= 11 is 0. The number of carbonyl (C=O) groups is 1. The van der Waals surface area contributed by atoms with Crippen molar-refractivity contribution in [3.05, 3.63) is 35.4 Å². The topological polar surface area (TPSA) is 55.1 Å². The number of nitrogens with one attached hydrogen (secondary N) is 1. The summed E-state index contributed by atoms with van der Waals surface area (Å²) < 4.78 is 0. The van der Waals surface area contributed by atoms with Gasteiger partial charge in [-0.1, -0.05) is 49.1 Å². The molecule has 1 aromatic rings. The molecule has 20 heavy (non-hydrogen) atoms. The van der Waals surface area contributed by atoms with Crippen molar-refractivity contribution >= 4 is 5.91 Å². The van der Waals surface area contributed by atoms with Crippen LogP contribution in [0.25, 0.3) is 0 Å². The fraction of sp³-hybridized carbons (Fsp3) is 0.588. The van der Waals surface area contributed by atoms with E-state index < -0.39 is 0 Å². The third-order valence-corrected chi connectivity index (χ3v) is 4.20. The summed E-state index contributed by atoms with van der Waals surface area (Å²) in [6.07, 6.45) is 6.31. The zero-order valence-electron chi connectivity index (χ0n) is 12.4. The maximum absolute atomic E-state index is 12.2. The van der Waals surface area contributed by atoms with Crippen LogP contribution in [-0.2, 0) is 11.2 Å². The molecule has 0 bridgehead atoms. The maximum atomic E-state index is 12.2. The van der Waals surface area contributed by atoms with E-state index in [9.17, 15) is 4.79 Å². The highest BCUT2D eigenvalue weighted by Crippen LogP contribution is 2.22. The molecule has 3 heteroatoms. The largest absolute Gasteiger partial charge is 0.355 e. The monoisotopic (exact) mass is 274 g/mol. The zero-order chi connectivity index (χ0) is 14.4. The second kappa shape index (κ2) is 7.44. The molecule has 1 saturated carbocycles. The number of carbonyl (C=O) groups excluding carboxylic acids is 1. The van der Waals surface area contributed by atoms with Crippen LogP contribution >= 0.6 is 0 Å². The van der Waals surface area contributed by atoms with E-state index in [-0.39, 0.29) is 17.9 Å². The van der Waals surface area contributed by atoms with Crippen LogP contribution in [0, 0.1) is 12.8 Å². The number of aryl methyl sites for hydroxylation is 1. The van der Waals surface area contributed by atoms with Gasteiger partial charge in [-0.2, -0.15) is 0 Å². The van der Waals surface area contributed by atoms with Crippen molar-refractivity contribution in [2.75, 3.05) is 6.54 Å². The van der Waals surface area contributed by atoms with Gasteiger partial charge in [0.1, 0.15) is 0 Å². The van der Waals surface area contributed by atoms with Gasteiger partial charge in [0.25, 0.3) is 0 Å². The summed E-state index contributed by atoms with van der Waals surface area (Å²) in [5.41, 5.74) is 8.66. The van der Waals surface area contributed by atoms with Crippen LogP contribution in [0.1, 0.15) is 43.2 Å². The van der Waals surface area contributed by atoms with E-state index in [1.54, 1.807) is 0 Å². The minimum absolute atomic E-state index is 0.00927. The van der Waals surface area contributed by atoms with Crippen LogP contribution in [0.15, 0.2) is 24.3 Å². The molecule has 3 nitrogen and oxygen atoms in total. The highest BCUT2D eigenvalue weighted by Gasteiger charge is 2.26. The molecule has 1 aromatic carbocycles. The van der Waals surface area contributed by atoms with Crippen LogP contribution < -0.4 is 11.1 Å². The molecule has 1 aliphatic carbocycles. The molecule has 0 aromatic heterocycles. The first-order valence-electron chi connectivity index (χ1n) is 7.75. The Balaban J connectivity index is 1.79. The lowest BCUT2D eigenvalue weighted by molar-refractivity contribution is -0.125. The average Bonchev–Trinajstić information content (AvgIpc) is 2.63. The molecule has 0 spiro atoms. The van der Waals surface area contributed by atoms with Gasteiger partial charge in [0.05, 0.1) is 5.92 Å². The van der Waals surface area contributed by atoms with Gasteiger partial charge >= 0.3 is 0 Å². The van der Waals surface area contributed by atoms with Gasteiger partial charge in [-0.25, -0.2) is 0 Å². The highest BCUT2D eigenvalue weighted by molar-refractivity contribution is 5.79. The van der Waals surface area contributed by atoms with E-state index in [4.69, 9.17) is 5.73 Å². The summed E-state index contributed by atoms with van der Waals surface area (Å²) in [5.74, 6) is 0.155. The average molecular weight is 274 g/mol. The molecular weight excluding hydrogens is 248 g/mol. The Hall–Kier alpha value is -1.35. The Morgan fingerprint density at radius 1 is 1.30 bits per heavy atom. The lowest BCUT2D eigenvalue weighted by Gasteiger charge is -2.20. The van der Waals surface area contributed by atoms with Crippen molar-refractivity contribution in [3.8, 4) is 0 Å². The third-order valence-electron chi connectivity index (χ3n) is 4.20. The molecule has 110 valence electrons. The lowest BCUT2D eigenvalue weighted by Crippen LogP contribution is -2.41. The SMILES string of the molecule is Cc1cccc(CCNC(=O)C2CCCCCC2N)c1. The van der Waals surface area contributed by atoms with E-state index in [2.05, 4.69) is 36.5 Å². The second-order valence-electron chi connectivity index (χ2n) is 5.94. The Morgan fingerprint density at radius 3 is 2.90 bits per heavy atom. The standard InChI is InChI=1S/C17H26N2O/c1-13-6-5-7-14(12-13)10-11-19-17(20)15-8-3-2-4-9-16(15)18/h5-7,12,15-16H,2-4,8-11,18H2,1H3,(H,19,20). The van der Waals surface area contributed by atoms with Gasteiger partial charge in [-0.3, -0.25) is 4.79 Å². The van der Waals surface area contributed by atoms with Gasteiger partial charge in [-0.15, -0.1) is 0 Å².